The Balaban J connectivity index is 2.79. The maximum absolute atomic E-state index is 8.59. The summed E-state index contributed by atoms with van der Waals surface area (Å²) in [7, 11) is 1.64. The first-order valence-electron chi connectivity index (χ1n) is 4.22. The number of rotatable bonds is 3. The van der Waals surface area contributed by atoms with Crippen molar-refractivity contribution in [1.29, 1.82) is 0 Å². The molecule has 0 spiro atoms. The van der Waals surface area contributed by atoms with Gasteiger partial charge in [0.05, 0.1) is 13.4 Å². The Bertz CT molecular complexity index is 275. The van der Waals surface area contributed by atoms with Crippen molar-refractivity contribution in [2.75, 3.05) is 7.11 Å². The Morgan fingerprint density at radius 1 is 1.31 bits per heavy atom. The standard InChI is InChI=1S/C11H14O2/c1-9(7-8-12)10-3-5-11(13-2)6-4-10/h3-9,12H,1-2H3. The maximum Gasteiger partial charge on any atom is 0.118 e. The van der Waals surface area contributed by atoms with E-state index in [4.69, 9.17) is 9.84 Å². The number of hydrogen-bond donors (Lipinski definition) is 1. The van der Waals surface area contributed by atoms with E-state index in [1.807, 2.05) is 31.2 Å². The Labute approximate surface area is 78.5 Å². The van der Waals surface area contributed by atoms with Gasteiger partial charge in [0, 0.05) is 5.92 Å². The largest absolute Gasteiger partial charge is 0.516 e. The summed E-state index contributed by atoms with van der Waals surface area (Å²) < 4.78 is 5.04. The minimum absolute atomic E-state index is 0.232. The van der Waals surface area contributed by atoms with E-state index in [-0.39, 0.29) is 5.92 Å². The van der Waals surface area contributed by atoms with Crippen molar-refractivity contribution in [2.45, 2.75) is 12.8 Å². The second kappa shape index (κ2) is 4.55. The van der Waals surface area contributed by atoms with Crippen LogP contribution >= 0.6 is 0 Å². The summed E-state index contributed by atoms with van der Waals surface area (Å²) >= 11 is 0. The van der Waals surface area contributed by atoms with Crippen LogP contribution in [-0.4, -0.2) is 12.2 Å². The fraction of sp³-hybridized carbons (Fsp3) is 0.273. The molecule has 13 heavy (non-hydrogen) atoms. The van der Waals surface area contributed by atoms with Crippen molar-refractivity contribution in [3.63, 3.8) is 0 Å². The number of aliphatic hydroxyl groups is 1. The second-order valence-electron chi connectivity index (χ2n) is 2.90. The molecule has 70 valence electrons. The van der Waals surface area contributed by atoms with Crippen LogP contribution in [-0.2, 0) is 0 Å². The Morgan fingerprint density at radius 3 is 2.38 bits per heavy atom. The number of allylic oxidation sites excluding steroid dienone is 1. The van der Waals surface area contributed by atoms with Crippen LogP contribution in [0.4, 0.5) is 0 Å². The van der Waals surface area contributed by atoms with Crippen LogP contribution in [0.5, 0.6) is 5.75 Å². The molecule has 1 atom stereocenters. The van der Waals surface area contributed by atoms with Crippen LogP contribution in [0.3, 0.4) is 0 Å². The minimum atomic E-state index is 0.232. The zero-order chi connectivity index (χ0) is 9.68. The first-order chi connectivity index (χ1) is 6.27. The normalized spacial score (nSPS) is 13.1. The van der Waals surface area contributed by atoms with Gasteiger partial charge < -0.3 is 9.84 Å². The average molecular weight is 178 g/mol. The first-order valence-corrected chi connectivity index (χ1v) is 4.22. The van der Waals surface area contributed by atoms with Gasteiger partial charge >= 0.3 is 0 Å². The third-order valence-electron chi connectivity index (χ3n) is 2.02. The van der Waals surface area contributed by atoms with Crippen molar-refractivity contribution in [2.24, 2.45) is 0 Å². The molecule has 2 nitrogen and oxygen atoms in total. The van der Waals surface area contributed by atoms with Gasteiger partial charge in [-0.3, -0.25) is 0 Å². The number of ether oxygens (including phenoxy) is 1. The third-order valence-corrected chi connectivity index (χ3v) is 2.02. The van der Waals surface area contributed by atoms with Gasteiger partial charge in [-0.05, 0) is 23.8 Å². The molecule has 0 heterocycles. The molecule has 0 bridgehead atoms. The number of methoxy groups -OCH3 is 1. The molecule has 1 aromatic carbocycles. The van der Waals surface area contributed by atoms with Gasteiger partial charge in [-0.1, -0.05) is 19.1 Å². The lowest BCUT2D eigenvalue weighted by molar-refractivity contribution is 0.414. The van der Waals surface area contributed by atoms with Gasteiger partial charge in [0.2, 0.25) is 0 Å². The summed E-state index contributed by atoms with van der Waals surface area (Å²) in [5.74, 6) is 1.08. The average Bonchev–Trinajstić information content (AvgIpc) is 2.18. The highest BCUT2D eigenvalue weighted by atomic mass is 16.5. The van der Waals surface area contributed by atoms with E-state index in [2.05, 4.69) is 0 Å². The number of aliphatic hydroxyl groups excluding tert-OH is 1. The highest BCUT2D eigenvalue weighted by molar-refractivity contribution is 5.30. The van der Waals surface area contributed by atoms with Gasteiger partial charge in [0.15, 0.2) is 0 Å². The predicted octanol–water partition coefficient (Wildman–Crippen LogP) is 2.87. The van der Waals surface area contributed by atoms with Crippen molar-refractivity contribution in [1.82, 2.24) is 0 Å². The SMILES string of the molecule is COc1ccc(C(C)C=CO)cc1. The summed E-state index contributed by atoms with van der Waals surface area (Å²) in [5.41, 5.74) is 1.16. The van der Waals surface area contributed by atoms with Crippen LogP contribution in [0.25, 0.3) is 0 Å². The monoisotopic (exact) mass is 178 g/mol. The topological polar surface area (TPSA) is 29.5 Å². The van der Waals surface area contributed by atoms with Gasteiger partial charge in [0.1, 0.15) is 5.75 Å². The van der Waals surface area contributed by atoms with Crippen molar-refractivity contribution < 1.29 is 9.84 Å². The van der Waals surface area contributed by atoms with Crippen LogP contribution in [0.1, 0.15) is 18.4 Å². The number of hydrogen-bond acceptors (Lipinski definition) is 2. The fourth-order valence-corrected chi connectivity index (χ4v) is 1.15. The third kappa shape index (κ3) is 2.51. The van der Waals surface area contributed by atoms with Crippen molar-refractivity contribution in [3.05, 3.63) is 42.2 Å². The smallest absolute Gasteiger partial charge is 0.118 e. The maximum atomic E-state index is 8.59. The van der Waals surface area contributed by atoms with Crippen molar-refractivity contribution in [3.8, 4) is 5.75 Å². The molecule has 1 N–H and O–H groups in total. The van der Waals surface area contributed by atoms with E-state index < -0.39 is 0 Å². The summed E-state index contributed by atoms with van der Waals surface area (Å²) in [6.07, 6.45) is 2.82. The lowest BCUT2D eigenvalue weighted by atomic mass is 10.0. The molecule has 0 aromatic heterocycles. The zero-order valence-corrected chi connectivity index (χ0v) is 7.90. The molecule has 1 rings (SSSR count). The van der Waals surface area contributed by atoms with Crippen LogP contribution in [0.15, 0.2) is 36.6 Å². The van der Waals surface area contributed by atoms with E-state index in [0.717, 1.165) is 17.6 Å². The molecular weight excluding hydrogens is 164 g/mol. The molecule has 0 aliphatic heterocycles. The molecule has 0 aliphatic carbocycles. The molecule has 2 heteroatoms. The molecule has 0 radical (unpaired) electrons. The summed E-state index contributed by atoms with van der Waals surface area (Å²) in [4.78, 5) is 0. The molecule has 1 aromatic rings. The number of benzene rings is 1. The van der Waals surface area contributed by atoms with Crippen LogP contribution in [0, 0.1) is 0 Å². The Kier molecular flexibility index (Phi) is 3.38. The van der Waals surface area contributed by atoms with Crippen LogP contribution in [0.2, 0.25) is 0 Å². The zero-order valence-electron chi connectivity index (χ0n) is 7.90. The van der Waals surface area contributed by atoms with Gasteiger partial charge in [0.25, 0.3) is 0 Å². The molecule has 0 saturated heterocycles. The second-order valence-corrected chi connectivity index (χ2v) is 2.90. The molecular formula is C11H14O2. The fourth-order valence-electron chi connectivity index (χ4n) is 1.15. The van der Waals surface area contributed by atoms with E-state index in [9.17, 15) is 0 Å². The van der Waals surface area contributed by atoms with Crippen LogP contribution < -0.4 is 4.74 Å². The van der Waals surface area contributed by atoms with Crippen molar-refractivity contribution >= 4 is 0 Å². The van der Waals surface area contributed by atoms with Gasteiger partial charge in [-0.25, -0.2) is 0 Å². The molecule has 0 fully saturated rings. The van der Waals surface area contributed by atoms with Gasteiger partial charge in [-0.2, -0.15) is 0 Å². The summed E-state index contributed by atoms with van der Waals surface area (Å²) in [5, 5.41) is 8.59. The lowest BCUT2D eigenvalue weighted by Crippen LogP contribution is -1.89. The van der Waals surface area contributed by atoms with E-state index in [1.54, 1.807) is 13.2 Å². The minimum Gasteiger partial charge on any atom is -0.516 e. The Morgan fingerprint density at radius 2 is 1.92 bits per heavy atom. The molecule has 1 unspecified atom stereocenters. The summed E-state index contributed by atoms with van der Waals surface area (Å²) in [6, 6.07) is 7.81. The molecule has 0 aliphatic rings. The first kappa shape index (κ1) is 9.65. The lowest BCUT2D eigenvalue weighted by Gasteiger charge is -2.06. The molecule has 0 saturated carbocycles. The quantitative estimate of drug-likeness (QED) is 0.721. The van der Waals surface area contributed by atoms with E-state index in [1.165, 1.54) is 0 Å². The molecule has 0 amide bonds. The predicted molar refractivity (Wildman–Crippen MR) is 53.2 cm³/mol. The summed E-state index contributed by atoms with van der Waals surface area (Å²) in [6.45, 7) is 2.02. The van der Waals surface area contributed by atoms with E-state index in [0.29, 0.717) is 0 Å². The highest BCUT2D eigenvalue weighted by Gasteiger charge is 2.00. The van der Waals surface area contributed by atoms with E-state index >= 15 is 0 Å². The van der Waals surface area contributed by atoms with Gasteiger partial charge in [-0.15, -0.1) is 0 Å². The highest BCUT2D eigenvalue weighted by Crippen LogP contribution is 2.19. The Hall–Kier alpha value is -1.44.